The van der Waals surface area contributed by atoms with Gasteiger partial charge in [0.25, 0.3) is 0 Å². The predicted octanol–water partition coefficient (Wildman–Crippen LogP) is 5.04. The van der Waals surface area contributed by atoms with E-state index in [1.54, 1.807) is 4.68 Å². The number of pyridine rings is 1. The molecule has 0 radical (unpaired) electrons. The number of nitriles is 1. The fourth-order valence-electron chi connectivity index (χ4n) is 3.54. The van der Waals surface area contributed by atoms with Crippen molar-refractivity contribution in [1.82, 2.24) is 19.7 Å². The van der Waals surface area contributed by atoms with Crippen LogP contribution in [0.15, 0.2) is 55.1 Å². The van der Waals surface area contributed by atoms with Gasteiger partial charge in [-0.05, 0) is 29.5 Å². The molecule has 3 aromatic heterocycles. The van der Waals surface area contributed by atoms with Crippen molar-refractivity contribution in [2.75, 3.05) is 0 Å². The van der Waals surface area contributed by atoms with Gasteiger partial charge in [-0.3, -0.25) is 4.68 Å². The molecule has 4 rings (SSSR count). The number of aryl methyl sites for hydroxylation is 1. The minimum atomic E-state index is 0.268. The molecule has 3 heterocycles. The summed E-state index contributed by atoms with van der Waals surface area (Å²) in [6, 6.07) is 13.0. The van der Waals surface area contributed by atoms with Gasteiger partial charge in [0, 0.05) is 54.1 Å². The molecule has 0 bridgehead atoms. The zero-order valence-electron chi connectivity index (χ0n) is 15.5. The molecule has 0 spiro atoms. The molecule has 1 aromatic carbocycles. The third-order valence-electron chi connectivity index (χ3n) is 5.07. The number of hydrogen-bond acceptors (Lipinski definition) is 3. The number of fused-ring (bicyclic) bond motifs is 1. The first-order chi connectivity index (χ1) is 13.2. The molecule has 27 heavy (non-hydrogen) atoms. The van der Waals surface area contributed by atoms with Crippen molar-refractivity contribution in [1.29, 1.82) is 5.26 Å². The van der Waals surface area contributed by atoms with Crippen LogP contribution in [0.4, 0.5) is 0 Å². The summed E-state index contributed by atoms with van der Waals surface area (Å²) in [7, 11) is 1.91. The van der Waals surface area contributed by atoms with Gasteiger partial charge in [-0.25, -0.2) is 4.98 Å². The molecule has 0 amide bonds. The van der Waals surface area contributed by atoms with E-state index in [9.17, 15) is 0 Å². The molecule has 134 valence electrons. The summed E-state index contributed by atoms with van der Waals surface area (Å²) in [6.45, 7) is 2.13. The van der Waals surface area contributed by atoms with Crippen molar-refractivity contribution < 1.29 is 0 Å². The number of H-pyrrole nitrogens is 1. The average Bonchev–Trinajstić information content (AvgIpc) is 3.32. The van der Waals surface area contributed by atoms with Crippen LogP contribution in [0.1, 0.15) is 31.2 Å². The van der Waals surface area contributed by atoms with Crippen LogP contribution in [0.3, 0.4) is 0 Å². The second-order valence-electron chi connectivity index (χ2n) is 6.82. The normalized spacial score (nSPS) is 12.2. The Hall–Kier alpha value is -3.39. The summed E-state index contributed by atoms with van der Waals surface area (Å²) < 4.78 is 1.79. The summed E-state index contributed by atoms with van der Waals surface area (Å²) in [5, 5.41) is 14.4. The maximum absolute atomic E-state index is 9.09. The van der Waals surface area contributed by atoms with Crippen molar-refractivity contribution in [2.45, 2.75) is 25.7 Å². The Labute approximate surface area is 158 Å². The molecule has 0 aliphatic rings. The van der Waals surface area contributed by atoms with Crippen molar-refractivity contribution in [3.63, 3.8) is 0 Å². The topological polar surface area (TPSA) is 70.3 Å². The second kappa shape index (κ2) is 7.08. The van der Waals surface area contributed by atoms with Crippen LogP contribution >= 0.6 is 0 Å². The average molecular weight is 355 g/mol. The maximum atomic E-state index is 9.09. The lowest BCUT2D eigenvalue weighted by Crippen LogP contribution is -1.96. The van der Waals surface area contributed by atoms with Crippen LogP contribution in [0.25, 0.3) is 33.3 Å². The Balaban J connectivity index is 1.79. The predicted molar refractivity (Wildman–Crippen MR) is 107 cm³/mol. The zero-order valence-corrected chi connectivity index (χ0v) is 15.5. The summed E-state index contributed by atoms with van der Waals surface area (Å²) in [6.07, 6.45) is 9.22. The fourth-order valence-corrected chi connectivity index (χ4v) is 3.54. The van der Waals surface area contributed by atoms with Crippen LogP contribution in [0.5, 0.6) is 0 Å². The Morgan fingerprint density at radius 3 is 2.81 bits per heavy atom. The highest BCUT2D eigenvalue weighted by molar-refractivity contribution is 5.95. The van der Waals surface area contributed by atoms with Gasteiger partial charge in [0.05, 0.1) is 12.3 Å². The first-order valence-electron chi connectivity index (χ1n) is 9.13. The SMILES string of the molecule is CCC(CC#N)c1cccc(-c2c[nH]c3ncc(-c4cnn(C)c4)cc23)c1. The van der Waals surface area contributed by atoms with Gasteiger partial charge in [-0.1, -0.05) is 31.2 Å². The molecule has 5 heteroatoms. The lowest BCUT2D eigenvalue weighted by Gasteiger charge is -2.12. The van der Waals surface area contributed by atoms with E-state index in [1.165, 1.54) is 5.56 Å². The molecule has 1 unspecified atom stereocenters. The molecule has 4 aromatic rings. The number of aromatic nitrogens is 4. The van der Waals surface area contributed by atoms with Gasteiger partial charge >= 0.3 is 0 Å². The number of nitrogens with one attached hydrogen (secondary N) is 1. The Bertz CT molecular complexity index is 1130. The van der Waals surface area contributed by atoms with Crippen LogP contribution in [0, 0.1) is 11.3 Å². The first-order valence-corrected chi connectivity index (χ1v) is 9.13. The molecule has 0 saturated heterocycles. The molecule has 1 atom stereocenters. The van der Waals surface area contributed by atoms with Gasteiger partial charge in [-0.2, -0.15) is 10.4 Å². The van der Waals surface area contributed by atoms with E-state index in [0.717, 1.165) is 39.7 Å². The molecular weight excluding hydrogens is 334 g/mol. The number of aromatic amines is 1. The number of benzene rings is 1. The summed E-state index contributed by atoms with van der Waals surface area (Å²) in [5.74, 6) is 0.268. The highest BCUT2D eigenvalue weighted by Crippen LogP contribution is 2.33. The molecule has 1 N–H and O–H groups in total. The quantitative estimate of drug-likeness (QED) is 0.545. The minimum absolute atomic E-state index is 0.268. The minimum Gasteiger partial charge on any atom is -0.346 e. The van der Waals surface area contributed by atoms with Gasteiger partial charge in [0.2, 0.25) is 0 Å². The Morgan fingerprint density at radius 1 is 1.19 bits per heavy atom. The van der Waals surface area contributed by atoms with Crippen molar-refractivity contribution in [3.05, 3.63) is 60.7 Å². The summed E-state index contributed by atoms with van der Waals surface area (Å²) in [4.78, 5) is 7.85. The lowest BCUT2D eigenvalue weighted by molar-refractivity contribution is 0.681. The number of rotatable bonds is 5. The van der Waals surface area contributed by atoms with Gasteiger partial charge in [-0.15, -0.1) is 0 Å². The molecular formula is C22H21N5. The Kier molecular flexibility index (Phi) is 4.47. The third-order valence-corrected chi connectivity index (χ3v) is 5.07. The second-order valence-corrected chi connectivity index (χ2v) is 6.82. The van der Waals surface area contributed by atoms with E-state index in [4.69, 9.17) is 5.26 Å². The van der Waals surface area contributed by atoms with Crippen LogP contribution in [-0.2, 0) is 7.05 Å². The van der Waals surface area contributed by atoms with E-state index in [-0.39, 0.29) is 5.92 Å². The van der Waals surface area contributed by atoms with E-state index in [1.807, 2.05) is 31.8 Å². The monoisotopic (exact) mass is 355 g/mol. The summed E-state index contributed by atoms with van der Waals surface area (Å²) in [5.41, 5.74) is 6.43. The fraction of sp³-hybridized carbons (Fsp3) is 0.227. The number of nitrogens with zero attached hydrogens (tertiary/aromatic N) is 4. The Morgan fingerprint density at radius 2 is 2.07 bits per heavy atom. The molecule has 5 nitrogen and oxygen atoms in total. The zero-order chi connectivity index (χ0) is 18.8. The number of hydrogen-bond donors (Lipinski definition) is 1. The highest BCUT2D eigenvalue weighted by atomic mass is 15.2. The van der Waals surface area contributed by atoms with Crippen LogP contribution in [-0.4, -0.2) is 19.7 Å². The third kappa shape index (κ3) is 3.22. The van der Waals surface area contributed by atoms with E-state index in [0.29, 0.717) is 6.42 Å². The standard InChI is InChI=1S/C22H21N5/c1-3-15(7-8-23)16-5-4-6-17(9-16)21-13-25-22-20(21)10-18(11-24-22)19-12-26-27(2)14-19/h4-6,9-15H,3,7H2,1-2H3,(H,24,25). The van der Waals surface area contributed by atoms with Gasteiger partial charge in [0.1, 0.15) is 5.65 Å². The maximum Gasteiger partial charge on any atom is 0.137 e. The van der Waals surface area contributed by atoms with Crippen molar-refractivity contribution in [3.8, 4) is 28.3 Å². The van der Waals surface area contributed by atoms with Crippen molar-refractivity contribution >= 4 is 11.0 Å². The smallest absolute Gasteiger partial charge is 0.137 e. The van der Waals surface area contributed by atoms with Gasteiger partial charge < -0.3 is 4.98 Å². The van der Waals surface area contributed by atoms with Crippen molar-refractivity contribution in [2.24, 2.45) is 7.05 Å². The van der Waals surface area contributed by atoms with Gasteiger partial charge in [0.15, 0.2) is 0 Å². The van der Waals surface area contributed by atoms with E-state index in [2.05, 4.69) is 58.4 Å². The molecule has 0 aliphatic heterocycles. The van der Waals surface area contributed by atoms with E-state index >= 15 is 0 Å². The summed E-state index contributed by atoms with van der Waals surface area (Å²) >= 11 is 0. The lowest BCUT2D eigenvalue weighted by atomic mass is 9.91. The largest absolute Gasteiger partial charge is 0.346 e. The molecule has 0 fully saturated rings. The first kappa shape index (κ1) is 17.0. The highest BCUT2D eigenvalue weighted by Gasteiger charge is 2.13. The molecule has 0 aliphatic carbocycles. The van der Waals surface area contributed by atoms with Crippen LogP contribution < -0.4 is 0 Å². The van der Waals surface area contributed by atoms with E-state index < -0.39 is 0 Å². The molecule has 0 saturated carbocycles. The van der Waals surface area contributed by atoms with Crippen LogP contribution in [0.2, 0.25) is 0 Å².